The Hall–Kier alpha value is -2.38. The van der Waals surface area contributed by atoms with Crippen LogP contribution in [0.25, 0.3) is 0 Å². The van der Waals surface area contributed by atoms with E-state index in [9.17, 15) is 14.7 Å². The average Bonchev–Trinajstić information content (AvgIpc) is 2.92. The number of ether oxygens (including phenoxy) is 3. The first-order valence-electron chi connectivity index (χ1n) is 8.04. The molecule has 1 aliphatic rings. The summed E-state index contributed by atoms with van der Waals surface area (Å²) in [6.07, 6.45) is 2.52. The number of carbonyl (C=O) groups is 2. The molecule has 0 bridgehead atoms. The first-order valence-corrected chi connectivity index (χ1v) is 8.04. The highest BCUT2D eigenvalue weighted by molar-refractivity contribution is 5.80. The van der Waals surface area contributed by atoms with Gasteiger partial charge in [0, 0.05) is 0 Å². The van der Waals surface area contributed by atoms with Gasteiger partial charge in [0.25, 0.3) is 0 Å². The molecule has 0 unspecified atom stereocenters. The summed E-state index contributed by atoms with van der Waals surface area (Å²) in [4.78, 5) is 23.0. The molecule has 1 fully saturated rings. The molecule has 2 N–H and O–H groups in total. The second kappa shape index (κ2) is 8.64. The minimum Gasteiger partial charge on any atom is -0.480 e. The maximum atomic E-state index is 11.8. The largest absolute Gasteiger partial charge is 0.480 e. The Morgan fingerprint density at radius 2 is 2.12 bits per heavy atom. The van der Waals surface area contributed by atoms with Crippen molar-refractivity contribution in [2.75, 3.05) is 6.61 Å². The predicted molar refractivity (Wildman–Crippen MR) is 89.8 cm³/mol. The highest BCUT2D eigenvalue weighted by Gasteiger charge is 2.31. The monoisotopic (exact) mass is 349 g/mol. The Morgan fingerprint density at radius 3 is 2.72 bits per heavy atom. The number of hydrogen-bond donors (Lipinski definition) is 2. The van der Waals surface area contributed by atoms with Gasteiger partial charge in [-0.05, 0) is 25.8 Å². The lowest BCUT2D eigenvalue weighted by Gasteiger charge is -2.16. The third-order valence-corrected chi connectivity index (χ3v) is 3.56. The van der Waals surface area contributed by atoms with Crippen molar-refractivity contribution in [1.29, 1.82) is 0 Å². The number of hydrogen-bond acceptors (Lipinski definition) is 5. The number of aliphatic carboxylic acids is 1. The SMILES string of the molecule is CC1(C)OC[C@H](/C=C/C[C@@H](NC(=O)OCc2ccccc2)C(=O)O)O1. The van der Waals surface area contributed by atoms with E-state index in [1.54, 1.807) is 12.2 Å². The zero-order valence-corrected chi connectivity index (χ0v) is 14.3. The Labute approximate surface area is 146 Å². The molecule has 1 aromatic rings. The van der Waals surface area contributed by atoms with Gasteiger partial charge in [0.2, 0.25) is 0 Å². The van der Waals surface area contributed by atoms with Gasteiger partial charge in [0.05, 0.1) is 6.61 Å². The van der Waals surface area contributed by atoms with Gasteiger partial charge in [-0.25, -0.2) is 9.59 Å². The summed E-state index contributed by atoms with van der Waals surface area (Å²) in [5.74, 6) is -1.77. The van der Waals surface area contributed by atoms with E-state index in [2.05, 4.69) is 5.32 Å². The minimum atomic E-state index is -1.13. The van der Waals surface area contributed by atoms with Crippen molar-refractivity contribution < 1.29 is 28.9 Å². The van der Waals surface area contributed by atoms with E-state index in [-0.39, 0.29) is 19.1 Å². The Balaban J connectivity index is 1.78. The van der Waals surface area contributed by atoms with Gasteiger partial charge in [0.15, 0.2) is 5.79 Å². The lowest BCUT2D eigenvalue weighted by molar-refractivity contribution is -0.139. The van der Waals surface area contributed by atoms with Crippen LogP contribution >= 0.6 is 0 Å². The number of amides is 1. The molecule has 1 heterocycles. The van der Waals surface area contributed by atoms with Crippen molar-refractivity contribution in [2.24, 2.45) is 0 Å². The van der Waals surface area contributed by atoms with Gasteiger partial charge >= 0.3 is 12.1 Å². The standard InChI is InChI=1S/C18H23NO6/c1-18(2)24-12-14(25-18)9-6-10-15(16(20)21)19-17(22)23-11-13-7-4-3-5-8-13/h3-9,14-15H,10-12H2,1-2H3,(H,19,22)(H,20,21)/b9-6+/t14-,15+/m0/s1. The molecule has 136 valence electrons. The van der Waals surface area contributed by atoms with Gasteiger partial charge < -0.3 is 24.6 Å². The Bertz CT molecular complexity index is 613. The first kappa shape index (κ1) is 19.0. The van der Waals surface area contributed by atoms with Crippen LogP contribution in [0, 0.1) is 0 Å². The zero-order valence-electron chi connectivity index (χ0n) is 14.3. The van der Waals surface area contributed by atoms with Crippen molar-refractivity contribution >= 4 is 12.1 Å². The average molecular weight is 349 g/mol. The predicted octanol–water partition coefficient (Wildman–Crippen LogP) is 2.46. The van der Waals surface area contributed by atoms with Crippen LogP contribution in [0.2, 0.25) is 0 Å². The molecule has 2 atom stereocenters. The number of carboxylic acids is 1. The first-order chi connectivity index (χ1) is 11.9. The fourth-order valence-corrected chi connectivity index (χ4v) is 2.31. The molecule has 0 spiro atoms. The molecule has 1 saturated heterocycles. The molecule has 0 aliphatic carbocycles. The summed E-state index contributed by atoms with van der Waals surface area (Å²) in [7, 11) is 0. The summed E-state index contributed by atoms with van der Waals surface area (Å²) < 4.78 is 16.0. The molecule has 1 aliphatic heterocycles. The van der Waals surface area contributed by atoms with Crippen LogP contribution < -0.4 is 5.32 Å². The van der Waals surface area contributed by atoms with Gasteiger partial charge in [-0.15, -0.1) is 0 Å². The molecular weight excluding hydrogens is 326 g/mol. The van der Waals surface area contributed by atoms with E-state index in [0.717, 1.165) is 5.56 Å². The highest BCUT2D eigenvalue weighted by atomic mass is 16.7. The maximum Gasteiger partial charge on any atom is 0.408 e. The molecule has 7 heteroatoms. The number of carboxylic acid groups (broad SMARTS) is 1. The van der Waals surface area contributed by atoms with E-state index in [1.165, 1.54) is 0 Å². The fraction of sp³-hybridized carbons (Fsp3) is 0.444. The minimum absolute atomic E-state index is 0.0805. The van der Waals surface area contributed by atoms with Crippen LogP contribution in [0.15, 0.2) is 42.5 Å². The number of alkyl carbamates (subject to hydrolysis) is 1. The Kier molecular flexibility index (Phi) is 6.55. The topological polar surface area (TPSA) is 94.1 Å². The van der Waals surface area contributed by atoms with Gasteiger partial charge in [-0.2, -0.15) is 0 Å². The van der Waals surface area contributed by atoms with Crippen LogP contribution in [0.5, 0.6) is 0 Å². The molecule has 1 aromatic carbocycles. The third-order valence-electron chi connectivity index (χ3n) is 3.56. The molecule has 2 rings (SSSR count). The van der Waals surface area contributed by atoms with Gasteiger partial charge in [-0.3, -0.25) is 0 Å². The van der Waals surface area contributed by atoms with E-state index in [1.807, 2.05) is 44.2 Å². The maximum absolute atomic E-state index is 11.8. The second-order valence-corrected chi connectivity index (χ2v) is 6.13. The molecular formula is C18H23NO6. The molecule has 1 amide bonds. The quantitative estimate of drug-likeness (QED) is 0.735. The van der Waals surface area contributed by atoms with Gasteiger partial charge in [-0.1, -0.05) is 42.5 Å². The summed E-state index contributed by atoms with van der Waals surface area (Å²) in [5, 5.41) is 11.6. The Morgan fingerprint density at radius 1 is 1.40 bits per heavy atom. The van der Waals surface area contributed by atoms with Crippen molar-refractivity contribution in [3.05, 3.63) is 48.0 Å². The summed E-state index contributed by atoms with van der Waals surface area (Å²) in [6, 6.07) is 8.08. The zero-order chi connectivity index (χ0) is 18.3. The van der Waals surface area contributed by atoms with Crippen LogP contribution in [0.1, 0.15) is 25.8 Å². The number of rotatable bonds is 7. The normalized spacial score (nSPS) is 20.3. The summed E-state index contributed by atoms with van der Waals surface area (Å²) in [6.45, 7) is 4.11. The van der Waals surface area contributed by atoms with Crippen molar-refractivity contribution in [3.63, 3.8) is 0 Å². The van der Waals surface area contributed by atoms with Crippen molar-refractivity contribution in [1.82, 2.24) is 5.32 Å². The van der Waals surface area contributed by atoms with Crippen LogP contribution in [-0.2, 0) is 25.6 Å². The van der Waals surface area contributed by atoms with Crippen molar-refractivity contribution in [3.8, 4) is 0 Å². The summed E-state index contributed by atoms with van der Waals surface area (Å²) in [5.41, 5.74) is 0.824. The molecule has 0 saturated carbocycles. The van der Waals surface area contributed by atoms with Crippen LogP contribution in [0.3, 0.4) is 0 Å². The van der Waals surface area contributed by atoms with Gasteiger partial charge in [0.1, 0.15) is 18.8 Å². The van der Waals surface area contributed by atoms with E-state index >= 15 is 0 Å². The lowest BCUT2D eigenvalue weighted by Crippen LogP contribution is -2.40. The second-order valence-electron chi connectivity index (χ2n) is 6.13. The van der Waals surface area contributed by atoms with E-state index in [4.69, 9.17) is 14.2 Å². The fourth-order valence-electron chi connectivity index (χ4n) is 2.31. The summed E-state index contributed by atoms with van der Waals surface area (Å²) >= 11 is 0. The highest BCUT2D eigenvalue weighted by Crippen LogP contribution is 2.22. The van der Waals surface area contributed by atoms with Crippen molar-refractivity contribution in [2.45, 2.75) is 44.8 Å². The van der Waals surface area contributed by atoms with Crippen LogP contribution in [-0.4, -0.2) is 41.7 Å². The molecule has 25 heavy (non-hydrogen) atoms. The molecule has 0 radical (unpaired) electrons. The van der Waals surface area contributed by atoms with Crippen LogP contribution in [0.4, 0.5) is 4.79 Å². The molecule has 0 aromatic heterocycles. The lowest BCUT2D eigenvalue weighted by atomic mass is 10.2. The third kappa shape index (κ3) is 6.56. The number of benzene rings is 1. The van der Waals surface area contributed by atoms with E-state index < -0.39 is 23.9 Å². The smallest absolute Gasteiger partial charge is 0.408 e. The van der Waals surface area contributed by atoms with E-state index in [0.29, 0.717) is 6.61 Å². The molecule has 7 nitrogen and oxygen atoms in total. The number of carbonyl (C=O) groups excluding carboxylic acids is 1. The number of nitrogens with one attached hydrogen (secondary N) is 1.